The minimum Gasteiger partial charge on any atom is -0.545 e. The summed E-state index contributed by atoms with van der Waals surface area (Å²) in [5.74, 6) is -2.41. The number of carbonyl (C=O) groups is 2. The van der Waals surface area contributed by atoms with E-state index in [1.54, 1.807) is 0 Å². The molecule has 0 aromatic heterocycles. The molecule has 2 aliphatic heterocycles. The molecule has 0 atom stereocenters. The van der Waals surface area contributed by atoms with E-state index in [0.29, 0.717) is 0 Å². The van der Waals surface area contributed by atoms with Crippen LogP contribution in [0.3, 0.4) is 0 Å². The van der Waals surface area contributed by atoms with Gasteiger partial charge in [-0.05, 0) is 25.7 Å². The number of rotatable bonds is 14. The van der Waals surface area contributed by atoms with Gasteiger partial charge in [0.15, 0.2) is 11.3 Å². The van der Waals surface area contributed by atoms with Crippen molar-refractivity contribution in [2.75, 3.05) is 0 Å². The Bertz CT molecular complexity index is 1140. The van der Waals surface area contributed by atoms with Gasteiger partial charge in [0.25, 0.3) is 0 Å². The number of hydrogen-bond acceptors (Lipinski definition) is 8. The number of aliphatic carboxylic acids is 2. The minimum absolute atomic E-state index is 0. The predicted octanol–water partition coefficient (Wildman–Crippen LogP) is 7.67. The van der Waals surface area contributed by atoms with E-state index >= 15 is 0 Å². The Labute approximate surface area is 340 Å². The summed E-state index contributed by atoms with van der Waals surface area (Å²) in [7, 11) is 0. The van der Waals surface area contributed by atoms with Crippen LogP contribution >= 0.6 is 0 Å². The van der Waals surface area contributed by atoms with Crippen LogP contribution in [0, 0.1) is 32.5 Å². The van der Waals surface area contributed by atoms with Gasteiger partial charge in [0.1, 0.15) is 0 Å². The van der Waals surface area contributed by atoms with E-state index in [9.17, 15) is 19.8 Å². The molecule has 2 heterocycles. The third kappa shape index (κ3) is 10.2. The largest absolute Gasteiger partial charge is 2.00 e. The molecule has 49 heavy (non-hydrogen) atoms. The smallest absolute Gasteiger partial charge is 0.545 e. The van der Waals surface area contributed by atoms with Crippen molar-refractivity contribution in [2.45, 2.75) is 187 Å². The van der Waals surface area contributed by atoms with Gasteiger partial charge < -0.3 is 19.8 Å². The molecule has 0 saturated carbocycles. The maximum atomic E-state index is 12.1. The quantitative estimate of drug-likeness (QED) is 0.167. The van der Waals surface area contributed by atoms with Crippen LogP contribution in [-0.2, 0) is 9.59 Å². The molecule has 0 saturated heterocycles. The molecule has 9 heteroatoms. The van der Waals surface area contributed by atoms with Gasteiger partial charge in [-0.15, -0.1) is 0 Å². The summed E-state index contributed by atoms with van der Waals surface area (Å²) in [5, 5.41) is 24.2. The Kier molecular flexibility index (Phi) is 16.6. The minimum atomic E-state index is -1.53. The molecule has 0 fully saturated rings. The second kappa shape index (κ2) is 16.9. The zero-order valence-corrected chi connectivity index (χ0v) is 39.2. The molecule has 0 aliphatic carbocycles. The molecule has 0 radical (unpaired) electrons. The van der Waals surface area contributed by atoms with Crippen molar-refractivity contribution in [3.8, 4) is 0 Å². The molecular weight excluding hydrogens is 738 g/mol. The first kappa shape index (κ1) is 48.2. The van der Waals surface area contributed by atoms with Crippen molar-refractivity contribution in [2.24, 2.45) is 52.5 Å². The van der Waals surface area contributed by atoms with E-state index in [-0.39, 0.29) is 70.5 Å². The normalized spacial score (nSPS) is 18.0. The van der Waals surface area contributed by atoms with Crippen molar-refractivity contribution in [1.29, 1.82) is 0 Å². The first-order valence-corrected chi connectivity index (χ1v) is 18.3. The van der Waals surface area contributed by atoms with Crippen molar-refractivity contribution in [3.05, 3.63) is 0 Å². The molecule has 276 valence electrons. The Morgan fingerprint density at radius 1 is 0.449 bits per heavy atom. The predicted molar refractivity (Wildman–Crippen MR) is 205 cm³/mol. The molecule has 2 rings (SSSR count). The van der Waals surface area contributed by atoms with Gasteiger partial charge in [0.05, 0.1) is 34.8 Å². The van der Waals surface area contributed by atoms with Gasteiger partial charge in [-0.2, -0.15) is 0 Å². The van der Waals surface area contributed by atoms with E-state index in [4.69, 9.17) is 20.0 Å². The Hall–Kier alpha value is -0.809. The van der Waals surface area contributed by atoms with Crippen LogP contribution in [0.1, 0.15) is 176 Å². The van der Waals surface area contributed by atoms with Gasteiger partial charge in [-0.1, -0.05) is 150 Å². The summed E-state index contributed by atoms with van der Waals surface area (Å²) in [6.07, 6.45) is 7.84. The number of carboxylic acids is 2. The van der Waals surface area contributed by atoms with E-state index < -0.39 is 34.1 Å². The summed E-state index contributed by atoms with van der Waals surface area (Å²) in [5.41, 5.74) is -1.80. The number of carbonyl (C=O) groups excluding carboxylic acids is 2. The van der Waals surface area contributed by atoms with Gasteiger partial charge in [-0.3, -0.25) is 20.0 Å². The molecule has 0 aromatic carbocycles. The third-order valence-corrected chi connectivity index (χ3v) is 10.3. The van der Waals surface area contributed by atoms with Crippen molar-refractivity contribution < 1.29 is 19.8 Å². The number of hydrogen-bond donors (Lipinski definition) is 0. The topological polar surface area (TPSA) is 130 Å². The first-order chi connectivity index (χ1) is 21.5. The van der Waals surface area contributed by atoms with E-state index in [1.165, 1.54) is 0 Å². The summed E-state index contributed by atoms with van der Waals surface area (Å²) in [6, 6.07) is 0. The fourth-order valence-electron chi connectivity index (χ4n) is 7.24. The first-order valence-electron chi connectivity index (χ1n) is 18.3. The molecule has 2 aliphatic rings. The summed E-state index contributed by atoms with van der Waals surface area (Å²) in [4.78, 5) is 43.3. The summed E-state index contributed by atoms with van der Waals surface area (Å²) in [6.45, 7) is 36.9. The fraction of sp³-hybridized carbons (Fsp3) is 0.850. The maximum absolute atomic E-state index is 12.1. The van der Waals surface area contributed by atoms with Crippen molar-refractivity contribution in [3.63, 3.8) is 0 Å². The van der Waals surface area contributed by atoms with Crippen LogP contribution in [-0.4, -0.2) is 95.0 Å². The van der Waals surface area contributed by atoms with Gasteiger partial charge in [0.2, 0.25) is 0 Å². The number of nitrogens with zero attached hydrogens (tertiary/aromatic N) is 4. The third-order valence-electron chi connectivity index (χ3n) is 10.3. The van der Waals surface area contributed by atoms with Crippen molar-refractivity contribution in [1.82, 2.24) is 0 Å². The van der Waals surface area contributed by atoms with Crippen LogP contribution in [0.2, 0.25) is 0 Å². The van der Waals surface area contributed by atoms with Gasteiger partial charge >= 0.3 is 48.9 Å². The zero-order chi connectivity index (χ0) is 37.9. The summed E-state index contributed by atoms with van der Waals surface area (Å²) < 4.78 is 0. The second-order valence-corrected chi connectivity index (χ2v) is 18.8. The maximum Gasteiger partial charge on any atom is 2.00 e. The van der Waals surface area contributed by atoms with Gasteiger partial charge in [-0.25, -0.2) is 0 Å². The molecular formula is C40H70BaN4O4. The van der Waals surface area contributed by atoms with Gasteiger partial charge in [0, 0.05) is 32.5 Å². The Morgan fingerprint density at radius 3 is 0.714 bits per heavy atom. The molecule has 0 N–H and O–H groups in total. The molecule has 8 nitrogen and oxygen atoms in total. The van der Waals surface area contributed by atoms with Crippen LogP contribution in [0.5, 0.6) is 0 Å². The number of carboxylic acid groups (broad SMARTS) is 2. The van der Waals surface area contributed by atoms with Crippen LogP contribution in [0.4, 0.5) is 0 Å². The Balaban J connectivity index is 0.000000922. The van der Waals surface area contributed by atoms with E-state index in [0.717, 1.165) is 74.2 Å². The SMILES string of the molecule is CCCC(C)(C)C1=NC(C(=O)[O-])(C(C)(C)C)N=C1C(C)(C)CCC.CCCC(C)(C)C1=NC(C(=O)[O-])(C(C)(C)C)N=C1C(C)(C)CCC.[Ba+2]. The second-order valence-electron chi connectivity index (χ2n) is 18.8. The Morgan fingerprint density at radius 2 is 0.612 bits per heavy atom. The molecule has 0 amide bonds. The average Bonchev–Trinajstić information content (AvgIpc) is 3.53. The number of aliphatic imine (C=N–C) groups is 4. The standard InChI is InChI=1S/2C20H36N2O2.Ba/c2*1-10-12-18(6,7)14-15(19(8,9)13-11-2)22-20(21-14,16(23)24)17(3,4)5;/h2*10-13H2,1-9H3,(H,23,24);/q;;+2/p-2. The van der Waals surface area contributed by atoms with Crippen molar-refractivity contribution >= 4 is 83.7 Å². The van der Waals surface area contributed by atoms with E-state index in [2.05, 4.69) is 83.1 Å². The van der Waals surface area contributed by atoms with E-state index in [1.807, 2.05) is 41.5 Å². The molecule has 0 spiro atoms. The van der Waals surface area contributed by atoms with Crippen LogP contribution < -0.4 is 10.2 Å². The zero-order valence-electron chi connectivity index (χ0n) is 34.8. The van der Waals surface area contributed by atoms with Crippen LogP contribution in [0.15, 0.2) is 20.0 Å². The monoisotopic (exact) mass is 808 g/mol. The molecule has 0 aromatic rings. The molecule has 0 unspecified atom stereocenters. The molecule has 0 bridgehead atoms. The fourth-order valence-corrected chi connectivity index (χ4v) is 7.24. The summed E-state index contributed by atoms with van der Waals surface area (Å²) >= 11 is 0. The van der Waals surface area contributed by atoms with Crippen LogP contribution in [0.25, 0.3) is 0 Å². The average molecular weight is 808 g/mol.